The number of rotatable bonds is 7. The molecule has 0 aromatic heterocycles. The highest BCUT2D eigenvalue weighted by Gasteiger charge is 2.16. The molecule has 0 saturated heterocycles. The number of hydrogen-bond acceptors (Lipinski definition) is 4. The summed E-state index contributed by atoms with van der Waals surface area (Å²) in [6.07, 6.45) is 2.16. The SMILES string of the molecule is CCCCC(=O)Nc1cccc(NC(=O)c2ccc(Cl)c([N+](=O)[O-])c2)c1. The fraction of sp³-hybridized carbons (Fsp3) is 0.222. The van der Waals surface area contributed by atoms with Crippen LogP contribution in [-0.4, -0.2) is 16.7 Å². The van der Waals surface area contributed by atoms with Crippen LogP contribution in [0.15, 0.2) is 42.5 Å². The molecular formula is C18H18ClN3O4. The minimum atomic E-state index is -0.647. The second kappa shape index (κ2) is 8.96. The lowest BCUT2D eigenvalue weighted by molar-refractivity contribution is -0.384. The zero-order valence-corrected chi connectivity index (χ0v) is 14.9. The van der Waals surface area contributed by atoms with E-state index in [2.05, 4.69) is 10.6 Å². The van der Waals surface area contributed by atoms with Crippen LogP contribution in [0.1, 0.15) is 36.5 Å². The first kappa shape index (κ1) is 19.4. The van der Waals surface area contributed by atoms with Gasteiger partial charge in [-0.1, -0.05) is 31.0 Å². The van der Waals surface area contributed by atoms with Crippen molar-refractivity contribution >= 4 is 40.5 Å². The largest absolute Gasteiger partial charge is 0.326 e. The minimum absolute atomic E-state index is 0.0386. The number of nitro groups is 1. The molecule has 0 radical (unpaired) electrons. The van der Waals surface area contributed by atoms with Gasteiger partial charge in [-0.25, -0.2) is 0 Å². The van der Waals surface area contributed by atoms with E-state index in [0.29, 0.717) is 17.8 Å². The van der Waals surface area contributed by atoms with E-state index < -0.39 is 10.8 Å². The maximum absolute atomic E-state index is 12.3. The van der Waals surface area contributed by atoms with Crippen molar-refractivity contribution in [3.05, 3.63) is 63.2 Å². The van der Waals surface area contributed by atoms with E-state index in [-0.39, 0.29) is 22.2 Å². The summed E-state index contributed by atoms with van der Waals surface area (Å²) in [5.74, 6) is -0.608. The zero-order chi connectivity index (χ0) is 19.1. The molecule has 7 nitrogen and oxygen atoms in total. The molecule has 2 aromatic carbocycles. The number of nitrogens with zero attached hydrogens (tertiary/aromatic N) is 1. The molecule has 0 aliphatic heterocycles. The Labute approximate surface area is 155 Å². The smallest absolute Gasteiger partial charge is 0.288 e. The van der Waals surface area contributed by atoms with E-state index in [1.54, 1.807) is 24.3 Å². The molecule has 136 valence electrons. The van der Waals surface area contributed by atoms with Crippen LogP contribution in [0.3, 0.4) is 0 Å². The van der Waals surface area contributed by atoms with Crippen molar-refractivity contribution in [2.45, 2.75) is 26.2 Å². The summed E-state index contributed by atoms with van der Waals surface area (Å²) in [6, 6.07) is 10.5. The molecule has 0 heterocycles. The van der Waals surface area contributed by atoms with Crippen LogP contribution in [0.2, 0.25) is 5.02 Å². The molecule has 0 aliphatic rings. The van der Waals surface area contributed by atoms with Gasteiger partial charge in [0, 0.05) is 29.4 Å². The van der Waals surface area contributed by atoms with E-state index in [9.17, 15) is 19.7 Å². The zero-order valence-electron chi connectivity index (χ0n) is 14.1. The van der Waals surface area contributed by atoms with Crippen molar-refractivity contribution < 1.29 is 14.5 Å². The molecular weight excluding hydrogens is 358 g/mol. The predicted molar refractivity (Wildman–Crippen MR) is 101 cm³/mol. The highest BCUT2D eigenvalue weighted by Crippen LogP contribution is 2.25. The summed E-state index contributed by atoms with van der Waals surface area (Å²) < 4.78 is 0. The van der Waals surface area contributed by atoms with Gasteiger partial charge in [-0.3, -0.25) is 19.7 Å². The summed E-state index contributed by atoms with van der Waals surface area (Å²) in [5, 5.41) is 16.3. The Morgan fingerprint density at radius 3 is 2.46 bits per heavy atom. The van der Waals surface area contributed by atoms with Crippen molar-refractivity contribution in [1.82, 2.24) is 0 Å². The Hall–Kier alpha value is -2.93. The minimum Gasteiger partial charge on any atom is -0.326 e. The molecule has 0 aliphatic carbocycles. The number of nitro benzene ring substituents is 1. The quantitative estimate of drug-likeness (QED) is 0.544. The summed E-state index contributed by atoms with van der Waals surface area (Å²) in [4.78, 5) is 34.4. The van der Waals surface area contributed by atoms with Crippen molar-refractivity contribution in [3.63, 3.8) is 0 Å². The second-order valence-electron chi connectivity index (χ2n) is 5.61. The van der Waals surface area contributed by atoms with Crippen LogP contribution in [0, 0.1) is 10.1 Å². The van der Waals surface area contributed by atoms with Crippen molar-refractivity contribution in [2.75, 3.05) is 10.6 Å². The summed E-state index contributed by atoms with van der Waals surface area (Å²) in [6.45, 7) is 2.00. The summed E-state index contributed by atoms with van der Waals surface area (Å²) in [5.41, 5.74) is 0.793. The lowest BCUT2D eigenvalue weighted by atomic mass is 10.1. The van der Waals surface area contributed by atoms with Crippen LogP contribution in [0.5, 0.6) is 0 Å². The van der Waals surface area contributed by atoms with Gasteiger partial charge in [0.05, 0.1) is 4.92 Å². The van der Waals surface area contributed by atoms with E-state index in [1.807, 2.05) is 6.92 Å². The average Bonchev–Trinajstić information content (AvgIpc) is 2.60. The maximum Gasteiger partial charge on any atom is 0.288 e. The molecule has 0 atom stereocenters. The standard InChI is InChI=1S/C18H18ClN3O4/c1-2-3-7-17(23)20-13-5-4-6-14(11-13)21-18(24)12-8-9-15(19)16(10-12)22(25)26/h4-6,8-11H,2-3,7H2,1H3,(H,20,23)(H,21,24). The number of nitrogens with one attached hydrogen (secondary N) is 2. The van der Waals surface area contributed by atoms with Gasteiger partial charge in [0.15, 0.2) is 0 Å². The van der Waals surface area contributed by atoms with Crippen molar-refractivity contribution in [2.24, 2.45) is 0 Å². The molecule has 0 spiro atoms. The first-order valence-corrected chi connectivity index (χ1v) is 8.43. The Balaban J connectivity index is 2.10. The third kappa shape index (κ3) is 5.29. The van der Waals surface area contributed by atoms with Gasteiger partial charge < -0.3 is 10.6 Å². The van der Waals surface area contributed by atoms with Gasteiger partial charge in [-0.2, -0.15) is 0 Å². The highest BCUT2D eigenvalue weighted by molar-refractivity contribution is 6.32. The lowest BCUT2D eigenvalue weighted by Gasteiger charge is -2.09. The molecule has 2 amide bonds. The number of benzene rings is 2. The average molecular weight is 376 g/mol. The first-order valence-electron chi connectivity index (χ1n) is 8.06. The van der Waals surface area contributed by atoms with Gasteiger partial charge in [0.25, 0.3) is 11.6 Å². The Morgan fingerprint density at radius 1 is 1.12 bits per heavy atom. The van der Waals surface area contributed by atoms with Gasteiger partial charge in [-0.15, -0.1) is 0 Å². The third-order valence-corrected chi connectivity index (χ3v) is 3.89. The molecule has 26 heavy (non-hydrogen) atoms. The van der Waals surface area contributed by atoms with Crippen LogP contribution >= 0.6 is 11.6 Å². The predicted octanol–water partition coefficient (Wildman–Crippen LogP) is 4.63. The summed E-state index contributed by atoms with van der Waals surface area (Å²) >= 11 is 5.75. The van der Waals surface area contributed by atoms with Gasteiger partial charge in [-0.05, 0) is 36.8 Å². The number of carbonyl (C=O) groups excluding carboxylic acids is 2. The molecule has 2 rings (SSSR count). The van der Waals surface area contributed by atoms with Crippen LogP contribution in [0.25, 0.3) is 0 Å². The van der Waals surface area contributed by atoms with Crippen molar-refractivity contribution in [1.29, 1.82) is 0 Å². The van der Waals surface area contributed by atoms with Gasteiger partial charge in [0.2, 0.25) is 5.91 Å². The highest BCUT2D eigenvalue weighted by atomic mass is 35.5. The number of carbonyl (C=O) groups is 2. The lowest BCUT2D eigenvalue weighted by Crippen LogP contribution is -2.14. The van der Waals surface area contributed by atoms with Gasteiger partial charge in [0.1, 0.15) is 5.02 Å². The van der Waals surface area contributed by atoms with E-state index >= 15 is 0 Å². The Kier molecular flexibility index (Phi) is 6.68. The van der Waals surface area contributed by atoms with Crippen LogP contribution in [0.4, 0.5) is 17.1 Å². The number of anilines is 2. The molecule has 0 fully saturated rings. The first-order chi connectivity index (χ1) is 12.4. The van der Waals surface area contributed by atoms with Gasteiger partial charge >= 0.3 is 0 Å². The molecule has 0 bridgehead atoms. The Morgan fingerprint density at radius 2 is 1.81 bits per heavy atom. The molecule has 0 saturated carbocycles. The van der Waals surface area contributed by atoms with Crippen LogP contribution < -0.4 is 10.6 Å². The van der Waals surface area contributed by atoms with E-state index in [4.69, 9.17) is 11.6 Å². The molecule has 0 unspecified atom stereocenters. The van der Waals surface area contributed by atoms with E-state index in [1.165, 1.54) is 12.1 Å². The number of unbranched alkanes of at least 4 members (excludes halogenated alkanes) is 1. The fourth-order valence-corrected chi connectivity index (χ4v) is 2.42. The molecule has 2 aromatic rings. The topological polar surface area (TPSA) is 101 Å². The van der Waals surface area contributed by atoms with E-state index in [0.717, 1.165) is 18.9 Å². The Bertz CT molecular complexity index is 839. The molecule has 8 heteroatoms. The third-order valence-electron chi connectivity index (χ3n) is 3.57. The number of halogens is 1. The summed E-state index contributed by atoms with van der Waals surface area (Å²) in [7, 11) is 0. The number of amides is 2. The second-order valence-corrected chi connectivity index (χ2v) is 6.02. The number of hydrogen-bond donors (Lipinski definition) is 2. The van der Waals surface area contributed by atoms with Crippen LogP contribution in [-0.2, 0) is 4.79 Å². The normalized spacial score (nSPS) is 10.2. The van der Waals surface area contributed by atoms with Crippen molar-refractivity contribution in [3.8, 4) is 0 Å². The monoisotopic (exact) mass is 375 g/mol. The fourth-order valence-electron chi connectivity index (χ4n) is 2.23. The maximum atomic E-state index is 12.3. The molecule has 2 N–H and O–H groups in total.